The minimum atomic E-state index is 0.412. The van der Waals surface area contributed by atoms with Crippen molar-refractivity contribution in [3.63, 3.8) is 0 Å². The fourth-order valence-corrected chi connectivity index (χ4v) is 2.33. The highest BCUT2D eigenvalue weighted by Gasteiger charge is 2.17. The van der Waals surface area contributed by atoms with Gasteiger partial charge in [-0.15, -0.1) is 14.7 Å². The van der Waals surface area contributed by atoms with E-state index in [-0.39, 0.29) is 0 Å². The summed E-state index contributed by atoms with van der Waals surface area (Å²) in [7, 11) is 0. The lowest BCUT2D eigenvalue weighted by atomic mass is 10.2. The highest BCUT2D eigenvalue weighted by molar-refractivity contribution is 5.92. The number of pyridine rings is 1. The fourth-order valence-electron chi connectivity index (χ4n) is 2.33. The highest BCUT2D eigenvalue weighted by Crippen LogP contribution is 2.28. The van der Waals surface area contributed by atoms with Crippen LogP contribution >= 0.6 is 0 Å². The second kappa shape index (κ2) is 4.38. The SMILES string of the molecule is Cc1coc(-c2cc(N)c3c(C)nn(-n4ccnn4)c3n2)n1. The van der Waals surface area contributed by atoms with Crippen LogP contribution in [-0.4, -0.2) is 35.0 Å². The van der Waals surface area contributed by atoms with Gasteiger partial charge in [0.05, 0.1) is 29.2 Å². The van der Waals surface area contributed by atoms with Gasteiger partial charge in [0.1, 0.15) is 12.0 Å². The number of aryl methyl sites for hydroxylation is 2. The molecule has 0 fully saturated rings. The zero-order valence-corrected chi connectivity index (χ0v) is 11.9. The molecule has 2 N–H and O–H groups in total. The zero-order valence-electron chi connectivity index (χ0n) is 11.9. The number of oxazole rings is 1. The smallest absolute Gasteiger partial charge is 0.245 e. The lowest BCUT2D eigenvalue weighted by molar-refractivity contribution is 0.500. The maximum Gasteiger partial charge on any atom is 0.245 e. The van der Waals surface area contributed by atoms with E-state index < -0.39 is 0 Å². The van der Waals surface area contributed by atoms with Gasteiger partial charge in [0.15, 0.2) is 5.65 Å². The van der Waals surface area contributed by atoms with Crippen molar-refractivity contribution in [3.05, 3.63) is 36.1 Å². The van der Waals surface area contributed by atoms with E-state index in [2.05, 4.69) is 25.4 Å². The third-order valence-electron chi connectivity index (χ3n) is 3.27. The standard InChI is InChI=1S/C13H12N8O/c1-7-6-22-13(16-7)10-5-9(14)11-8(2)18-21(12(11)17-10)20-4-3-15-19-20/h3-6H,1-2H3,(H2,14,17). The molecular formula is C13H12N8O. The van der Waals surface area contributed by atoms with Crippen molar-refractivity contribution in [1.82, 2.24) is 35.0 Å². The summed E-state index contributed by atoms with van der Waals surface area (Å²) in [6.07, 6.45) is 4.80. The number of hydrogen-bond acceptors (Lipinski definition) is 7. The third-order valence-corrected chi connectivity index (χ3v) is 3.27. The van der Waals surface area contributed by atoms with Crippen LogP contribution in [-0.2, 0) is 0 Å². The molecule has 4 aromatic rings. The van der Waals surface area contributed by atoms with Crippen molar-refractivity contribution in [2.45, 2.75) is 13.8 Å². The molecule has 0 bridgehead atoms. The number of nitrogen functional groups attached to an aromatic ring is 1. The van der Waals surface area contributed by atoms with E-state index in [0.717, 1.165) is 16.8 Å². The summed E-state index contributed by atoms with van der Waals surface area (Å²) in [5, 5.41) is 12.9. The van der Waals surface area contributed by atoms with Crippen molar-refractivity contribution >= 4 is 16.7 Å². The highest BCUT2D eigenvalue weighted by atomic mass is 16.3. The summed E-state index contributed by atoms with van der Waals surface area (Å²) in [5.74, 6) is 0.412. The summed E-state index contributed by atoms with van der Waals surface area (Å²) in [5.41, 5.74) is 9.35. The summed E-state index contributed by atoms with van der Waals surface area (Å²) in [4.78, 5) is 11.9. The molecule has 0 aliphatic carbocycles. The average molecular weight is 296 g/mol. The quantitative estimate of drug-likeness (QED) is 0.591. The largest absolute Gasteiger partial charge is 0.443 e. The first kappa shape index (κ1) is 12.5. The second-order valence-corrected chi connectivity index (χ2v) is 4.89. The number of aromatic nitrogens is 7. The Hall–Kier alpha value is -3.23. The Kier molecular flexibility index (Phi) is 2.49. The molecule has 0 saturated heterocycles. The van der Waals surface area contributed by atoms with E-state index in [0.29, 0.717) is 22.9 Å². The Morgan fingerprint density at radius 2 is 2.09 bits per heavy atom. The maximum absolute atomic E-state index is 6.16. The van der Waals surface area contributed by atoms with Crippen LogP contribution in [0.5, 0.6) is 0 Å². The molecule has 0 spiro atoms. The molecule has 0 radical (unpaired) electrons. The van der Waals surface area contributed by atoms with Crippen LogP contribution in [0.4, 0.5) is 5.69 Å². The van der Waals surface area contributed by atoms with E-state index in [1.807, 2.05) is 13.8 Å². The van der Waals surface area contributed by atoms with Crippen molar-refractivity contribution in [1.29, 1.82) is 0 Å². The van der Waals surface area contributed by atoms with E-state index in [1.165, 1.54) is 9.58 Å². The molecule has 9 nitrogen and oxygen atoms in total. The van der Waals surface area contributed by atoms with Crippen LogP contribution in [0.25, 0.3) is 22.6 Å². The lowest BCUT2D eigenvalue weighted by Crippen LogP contribution is -2.12. The molecule has 0 amide bonds. The van der Waals surface area contributed by atoms with Gasteiger partial charge in [-0.3, -0.25) is 0 Å². The molecule has 0 unspecified atom stereocenters. The molecule has 9 heteroatoms. The Morgan fingerprint density at radius 3 is 2.77 bits per heavy atom. The van der Waals surface area contributed by atoms with Crippen LogP contribution in [0.2, 0.25) is 0 Å². The lowest BCUT2D eigenvalue weighted by Gasteiger charge is -2.03. The van der Waals surface area contributed by atoms with Crippen molar-refractivity contribution < 1.29 is 4.42 Å². The van der Waals surface area contributed by atoms with Crippen LogP contribution in [0.3, 0.4) is 0 Å². The summed E-state index contributed by atoms with van der Waals surface area (Å²) in [6.45, 7) is 3.71. The average Bonchev–Trinajstić information content (AvgIpc) is 3.19. The van der Waals surface area contributed by atoms with Gasteiger partial charge in [0.2, 0.25) is 5.89 Å². The van der Waals surface area contributed by atoms with Gasteiger partial charge in [0, 0.05) is 5.69 Å². The van der Waals surface area contributed by atoms with E-state index in [4.69, 9.17) is 10.2 Å². The van der Waals surface area contributed by atoms with Gasteiger partial charge in [0.25, 0.3) is 0 Å². The van der Waals surface area contributed by atoms with Crippen molar-refractivity contribution in [3.8, 4) is 11.6 Å². The normalized spacial score (nSPS) is 11.4. The first-order chi connectivity index (χ1) is 10.6. The van der Waals surface area contributed by atoms with E-state index in [9.17, 15) is 0 Å². The number of nitrogens with zero attached hydrogens (tertiary/aromatic N) is 7. The molecule has 22 heavy (non-hydrogen) atoms. The van der Waals surface area contributed by atoms with Crippen LogP contribution in [0.1, 0.15) is 11.4 Å². The van der Waals surface area contributed by atoms with Crippen molar-refractivity contribution in [2.75, 3.05) is 5.73 Å². The summed E-state index contributed by atoms with van der Waals surface area (Å²) >= 11 is 0. The zero-order chi connectivity index (χ0) is 15.3. The van der Waals surface area contributed by atoms with Gasteiger partial charge in [-0.05, 0) is 25.1 Å². The van der Waals surface area contributed by atoms with Gasteiger partial charge >= 0.3 is 0 Å². The molecule has 0 aromatic carbocycles. The monoisotopic (exact) mass is 296 g/mol. The van der Waals surface area contributed by atoms with Crippen LogP contribution < -0.4 is 5.73 Å². The number of nitrogens with two attached hydrogens (primary N) is 1. The summed E-state index contributed by atoms with van der Waals surface area (Å²) < 4.78 is 5.40. The van der Waals surface area contributed by atoms with Crippen LogP contribution in [0, 0.1) is 13.8 Å². The maximum atomic E-state index is 6.16. The predicted octanol–water partition coefficient (Wildman–Crippen LogP) is 1.19. The Bertz CT molecular complexity index is 966. The van der Waals surface area contributed by atoms with Crippen LogP contribution in [0.15, 0.2) is 29.1 Å². The molecule has 4 aromatic heterocycles. The molecule has 0 saturated carbocycles. The Labute approximate surface area is 124 Å². The molecular weight excluding hydrogens is 284 g/mol. The number of hydrogen-bond donors (Lipinski definition) is 1. The molecule has 0 aliphatic rings. The molecule has 0 atom stereocenters. The third kappa shape index (κ3) is 1.75. The molecule has 0 aliphatic heterocycles. The van der Waals surface area contributed by atoms with Gasteiger partial charge in [-0.25, -0.2) is 9.97 Å². The van der Waals surface area contributed by atoms with E-state index >= 15 is 0 Å². The fraction of sp³-hybridized carbons (Fsp3) is 0.154. The number of anilines is 1. The Balaban J connectivity index is 2.01. The topological polar surface area (TPSA) is 113 Å². The van der Waals surface area contributed by atoms with Gasteiger partial charge in [-0.2, -0.15) is 5.10 Å². The minimum Gasteiger partial charge on any atom is -0.443 e. The molecule has 4 rings (SSSR count). The predicted molar refractivity (Wildman–Crippen MR) is 77.7 cm³/mol. The first-order valence-electron chi connectivity index (χ1n) is 6.59. The summed E-state index contributed by atoms with van der Waals surface area (Å²) in [6, 6.07) is 1.73. The van der Waals surface area contributed by atoms with Gasteiger partial charge < -0.3 is 10.2 Å². The second-order valence-electron chi connectivity index (χ2n) is 4.89. The number of rotatable bonds is 2. The van der Waals surface area contributed by atoms with Gasteiger partial charge in [-0.1, -0.05) is 0 Å². The first-order valence-corrected chi connectivity index (χ1v) is 6.59. The Morgan fingerprint density at radius 1 is 1.23 bits per heavy atom. The molecule has 110 valence electrons. The van der Waals surface area contributed by atoms with Crippen molar-refractivity contribution in [2.24, 2.45) is 0 Å². The number of fused-ring (bicyclic) bond motifs is 1. The molecule has 4 heterocycles. The van der Waals surface area contributed by atoms with E-state index in [1.54, 1.807) is 24.7 Å². The minimum absolute atomic E-state index is 0.412.